The number of halogens is 1. The van der Waals surface area contributed by atoms with Crippen LogP contribution >= 0.6 is 23.8 Å². The highest BCUT2D eigenvalue weighted by Gasteiger charge is 2.42. The van der Waals surface area contributed by atoms with Crippen molar-refractivity contribution in [3.8, 4) is 5.69 Å². The highest BCUT2D eigenvalue weighted by molar-refractivity contribution is 7.80. The number of piperidine rings is 1. The molecule has 0 spiro atoms. The number of thiocarbonyl (C=S) groups is 1. The van der Waals surface area contributed by atoms with E-state index >= 15 is 0 Å². The van der Waals surface area contributed by atoms with Gasteiger partial charge in [0.05, 0.1) is 22.4 Å². The summed E-state index contributed by atoms with van der Waals surface area (Å²) in [5.41, 5.74) is 6.44. The number of aromatic nitrogens is 2. The van der Waals surface area contributed by atoms with Crippen molar-refractivity contribution in [3.63, 3.8) is 0 Å². The van der Waals surface area contributed by atoms with E-state index in [1.807, 2.05) is 24.4 Å². The fraction of sp³-hybridized carbons (Fsp3) is 0.312. The fourth-order valence-corrected chi connectivity index (χ4v) is 7.05. The van der Waals surface area contributed by atoms with Crippen molar-refractivity contribution in [1.29, 1.82) is 0 Å². The summed E-state index contributed by atoms with van der Waals surface area (Å²) in [4.78, 5) is 9.37. The van der Waals surface area contributed by atoms with Crippen molar-refractivity contribution in [3.05, 3.63) is 107 Å². The summed E-state index contributed by atoms with van der Waals surface area (Å²) in [7, 11) is 0. The highest BCUT2D eigenvalue weighted by Crippen LogP contribution is 2.44. The van der Waals surface area contributed by atoms with E-state index in [2.05, 4.69) is 101 Å². The van der Waals surface area contributed by atoms with E-state index in [9.17, 15) is 0 Å². The Morgan fingerprint density at radius 3 is 2.33 bits per heavy atom. The molecule has 2 aromatic carbocycles. The molecule has 2 aromatic heterocycles. The number of nitrogens with one attached hydrogen (secondary N) is 1. The van der Waals surface area contributed by atoms with E-state index in [0.29, 0.717) is 16.9 Å². The number of aryl methyl sites for hydroxylation is 1. The maximum atomic E-state index is 7.01. The largest absolute Gasteiger partial charge is 0.370 e. The number of pyridine rings is 1. The SMILES string of the molecule is Cc1ccc([C@@H]2[C@H](c3ccccn3)NC(=S)N2c2ccc(N3C[C@H](C)C[C@@H](C)C3)c(Cl)c2)n1-c1ccccc1. The van der Waals surface area contributed by atoms with Gasteiger partial charge in [0.15, 0.2) is 5.11 Å². The lowest BCUT2D eigenvalue weighted by atomic mass is 9.91. The summed E-state index contributed by atoms with van der Waals surface area (Å²) in [6.45, 7) is 8.85. The Labute approximate surface area is 241 Å². The van der Waals surface area contributed by atoms with Gasteiger partial charge in [0.25, 0.3) is 0 Å². The van der Waals surface area contributed by atoms with Gasteiger partial charge in [0.2, 0.25) is 0 Å². The van der Waals surface area contributed by atoms with Crippen LogP contribution in [0, 0.1) is 18.8 Å². The van der Waals surface area contributed by atoms with E-state index in [-0.39, 0.29) is 12.1 Å². The van der Waals surface area contributed by atoms with Crippen LogP contribution in [0.25, 0.3) is 5.69 Å². The molecule has 1 N–H and O–H groups in total. The molecule has 6 rings (SSSR count). The molecule has 7 heteroatoms. The minimum atomic E-state index is -0.127. The van der Waals surface area contributed by atoms with Crippen LogP contribution in [0.4, 0.5) is 11.4 Å². The van der Waals surface area contributed by atoms with Gasteiger partial charge in [-0.15, -0.1) is 0 Å². The number of nitrogens with zero attached hydrogens (tertiary/aromatic N) is 4. The summed E-state index contributed by atoms with van der Waals surface area (Å²) in [5.74, 6) is 1.30. The zero-order valence-electron chi connectivity index (χ0n) is 22.6. The van der Waals surface area contributed by atoms with Gasteiger partial charge in [0, 0.05) is 42.0 Å². The number of para-hydroxylation sites is 1. The molecule has 39 heavy (non-hydrogen) atoms. The van der Waals surface area contributed by atoms with Gasteiger partial charge >= 0.3 is 0 Å². The zero-order valence-corrected chi connectivity index (χ0v) is 24.2. The van der Waals surface area contributed by atoms with Crippen molar-refractivity contribution in [1.82, 2.24) is 14.9 Å². The van der Waals surface area contributed by atoms with Crippen LogP contribution in [0.3, 0.4) is 0 Å². The molecule has 5 nitrogen and oxygen atoms in total. The van der Waals surface area contributed by atoms with E-state index in [1.165, 1.54) is 6.42 Å². The first-order chi connectivity index (χ1) is 18.9. The number of hydrogen-bond acceptors (Lipinski definition) is 3. The Kier molecular flexibility index (Phi) is 7.08. The first-order valence-electron chi connectivity index (χ1n) is 13.7. The maximum absolute atomic E-state index is 7.01. The van der Waals surface area contributed by atoms with E-state index in [4.69, 9.17) is 28.8 Å². The molecular formula is C32H34ClN5S. The Bertz CT molecular complexity index is 1460. The second kappa shape index (κ2) is 10.7. The van der Waals surface area contributed by atoms with Crippen LogP contribution in [0.2, 0.25) is 5.02 Å². The molecule has 0 amide bonds. The third-order valence-electron chi connectivity index (χ3n) is 7.94. The van der Waals surface area contributed by atoms with Crippen LogP contribution < -0.4 is 15.1 Å². The molecule has 0 aliphatic carbocycles. The molecule has 2 aliphatic rings. The molecule has 0 unspecified atom stereocenters. The van der Waals surface area contributed by atoms with Gasteiger partial charge in [-0.3, -0.25) is 4.98 Å². The molecule has 4 aromatic rings. The summed E-state index contributed by atoms with van der Waals surface area (Å²) >= 11 is 13.0. The zero-order chi connectivity index (χ0) is 27.1. The number of rotatable bonds is 5. The number of anilines is 2. The van der Waals surface area contributed by atoms with Crippen molar-refractivity contribution >= 4 is 40.3 Å². The van der Waals surface area contributed by atoms with Crippen molar-refractivity contribution in [2.45, 2.75) is 39.3 Å². The van der Waals surface area contributed by atoms with Gasteiger partial charge in [-0.2, -0.15) is 0 Å². The Balaban J connectivity index is 1.44. The summed E-state index contributed by atoms with van der Waals surface area (Å²) in [6.07, 6.45) is 3.10. The quantitative estimate of drug-likeness (QED) is 0.258. The predicted octanol–water partition coefficient (Wildman–Crippen LogP) is 7.49. The monoisotopic (exact) mass is 555 g/mol. The average molecular weight is 556 g/mol. The molecule has 4 atom stereocenters. The average Bonchev–Trinajstić information content (AvgIpc) is 3.48. The third-order valence-corrected chi connectivity index (χ3v) is 8.56. The maximum Gasteiger partial charge on any atom is 0.174 e. The molecule has 0 bridgehead atoms. The van der Waals surface area contributed by atoms with Crippen molar-refractivity contribution in [2.24, 2.45) is 11.8 Å². The van der Waals surface area contributed by atoms with Crippen LogP contribution in [0.15, 0.2) is 85.1 Å². The molecule has 4 heterocycles. The molecule has 0 radical (unpaired) electrons. The Morgan fingerprint density at radius 1 is 0.897 bits per heavy atom. The third kappa shape index (κ3) is 4.92. The fourth-order valence-electron chi connectivity index (χ4n) is 6.41. The van der Waals surface area contributed by atoms with E-state index in [0.717, 1.165) is 52.3 Å². The lowest BCUT2D eigenvalue weighted by Gasteiger charge is -2.37. The van der Waals surface area contributed by atoms with Gasteiger partial charge in [0.1, 0.15) is 6.04 Å². The van der Waals surface area contributed by atoms with Gasteiger partial charge < -0.3 is 19.7 Å². The smallest absolute Gasteiger partial charge is 0.174 e. The summed E-state index contributed by atoms with van der Waals surface area (Å²) < 4.78 is 2.32. The molecular weight excluding hydrogens is 522 g/mol. The van der Waals surface area contributed by atoms with Crippen molar-refractivity contribution < 1.29 is 0 Å². The number of benzene rings is 2. The molecule has 200 valence electrons. The Hall–Kier alpha value is -3.35. The minimum Gasteiger partial charge on any atom is -0.370 e. The van der Waals surface area contributed by atoms with Crippen molar-refractivity contribution in [2.75, 3.05) is 22.9 Å². The number of hydrogen-bond donors (Lipinski definition) is 1. The van der Waals surface area contributed by atoms with Gasteiger partial charge in [-0.25, -0.2) is 0 Å². The normalized spacial score (nSPS) is 23.2. The van der Waals surface area contributed by atoms with E-state index in [1.54, 1.807) is 0 Å². The topological polar surface area (TPSA) is 36.3 Å². The Morgan fingerprint density at radius 2 is 1.64 bits per heavy atom. The molecule has 2 fully saturated rings. The second-order valence-electron chi connectivity index (χ2n) is 11.1. The minimum absolute atomic E-state index is 0.127. The van der Waals surface area contributed by atoms with Gasteiger partial charge in [-0.05, 0) is 92.0 Å². The highest BCUT2D eigenvalue weighted by atomic mass is 35.5. The van der Waals surface area contributed by atoms with Crippen LogP contribution in [0.5, 0.6) is 0 Å². The first kappa shape index (κ1) is 25.9. The van der Waals surface area contributed by atoms with Crippen LogP contribution in [-0.4, -0.2) is 27.8 Å². The summed E-state index contributed by atoms with van der Waals surface area (Å²) in [6, 6.07) is 27.0. The molecule has 2 aliphatic heterocycles. The molecule has 0 saturated carbocycles. The van der Waals surface area contributed by atoms with Crippen LogP contribution in [0.1, 0.15) is 49.4 Å². The lowest BCUT2D eigenvalue weighted by Crippen LogP contribution is -2.38. The van der Waals surface area contributed by atoms with Gasteiger partial charge in [-0.1, -0.05) is 49.7 Å². The second-order valence-corrected chi connectivity index (χ2v) is 11.8. The standard InChI is InChI=1S/C32H34ClN5S/c1-21-17-22(2)20-36(19-21)28-15-13-25(18-26(28)33)38-31(30(35-32(38)39)27-11-7-8-16-34-27)29-14-12-23(3)37(29)24-9-5-4-6-10-24/h4-16,18,21-22,30-31H,17,19-20H2,1-3H3,(H,35,39)/t21-,22-,30+,31-/m1/s1. The molecule has 2 saturated heterocycles. The first-order valence-corrected chi connectivity index (χ1v) is 14.5. The lowest BCUT2D eigenvalue weighted by molar-refractivity contribution is 0.357. The van der Waals surface area contributed by atoms with Crippen LogP contribution in [-0.2, 0) is 0 Å². The predicted molar refractivity (Wildman–Crippen MR) is 165 cm³/mol. The summed E-state index contributed by atoms with van der Waals surface area (Å²) in [5, 5.41) is 5.01. The van der Waals surface area contributed by atoms with E-state index < -0.39 is 0 Å².